The zero-order chi connectivity index (χ0) is 21.9. The molecule has 0 unspecified atom stereocenters. The number of nitrogens with two attached hydrogens (primary N) is 1. The smallest absolute Gasteiger partial charge is 0.316 e. The van der Waals surface area contributed by atoms with E-state index < -0.39 is 18.3 Å². The Balaban J connectivity index is 1.90. The highest BCUT2D eigenvalue weighted by Gasteiger charge is 2.40. The molecule has 0 bridgehead atoms. The Bertz CT molecular complexity index is 934. The molecule has 164 valence electrons. The molecule has 0 atom stereocenters. The quantitative estimate of drug-likeness (QED) is 0.311. The molecular weight excluding hydrogens is 414 g/mol. The second-order valence-electron chi connectivity index (χ2n) is 6.98. The number of amidine groups is 2. The number of aliphatic hydroxyl groups is 1. The van der Waals surface area contributed by atoms with Gasteiger partial charge in [0.05, 0.1) is 25.1 Å². The summed E-state index contributed by atoms with van der Waals surface area (Å²) in [5.41, 5.74) is 5.08. The number of thiophene rings is 1. The van der Waals surface area contributed by atoms with Gasteiger partial charge in [0.15, 0.2) is 5.84 Å². The third kappa shape index (κ3) is 4.50. The van der Waals surface area contributed by atoms with Crippen LogP contribution in [0.15, 0.2) is 6.07 Å². The molecule has 0 saturated carbocycles. The molecule has 12 heteroatoms. The normalized spacial score (nSPS) is 15.2. The molecule has 1 saturated heterocycles. The molecule has 0 amide bonds. The molecule has 0 aliphatic carbocycles. The van der Waals surface area contributed by atoms with Gasteiger partial charge in [0.25, 0.3) is 0 Å². The first-order valence-electron chi connectivity index (χ1n) is 9.72. The molecule has 1 aliphatic rings. The maximum atomic E-state index is 13.8. The Hall–Kier alpha value is -2.44. The van der Waals surface area contributed by atoms with E-state index in [0.717, 1.165) is 28.0 Å². The van der Waals surface area contributed by atoms with E-state index in [-0.39, 0.29) is 25.5 Å². The van der Waals surface area contributed by atoms with Gasteiger partial charge >= 0.3 is 5.92 Å². The average molecular weight is 441 g/mol. The number of hydrogen-bond donors (Lipinski definition) is 5. The van der Waals surface area contributed by atoms with Crippen LogP contribution < -0.4 is 16.0 Å². The van der Waals surface area contributed by atoms with Crippen LogP contribution in [0.1, 0.15) is 18.2 Å². The van der Waals surface area contributed by atoms with Crippen LogP contribution in [0, 0.1) is 10.8 Å². The fourth-order valence-corrected chi connectivity index (χ4v) is 4.36. The molecule has 2 aromatic heterocycles. The topological polar surface area (TPSA) is 138 Å². The van der Waals surface area contributed by atoms with Crippen LogP contribution >= 0.6 is 11.3 Å². The van der Waals surface area contributed by atoms with Crippen LogP contribution in [0.25, 0.3) is 10.2 Å². The third-order valence-electron chi connectivity index (χ3n) is 4.75. The van der Waals surface area contributed by atoms with Crippen molar-refractivity contribution in [2.24, 2.45) is 5.73 Å². The maximum Gasteiger partial charge on any atom is 0.316 e. The lowest BCUT2D eigenvalue weighted by Gasteiger charge is -2.38. The Morgan fingerprint density at radius 3 is 2.80 bits per heavy atom. The highest BCUT2D eigenvalue weighted by Crippen LogP contribution is 2.33. The van der Waals surface area contributed by atoms with E-state index in [1.807, 2.05) is 11.0 Å². The Morgan fingerprint density at radius 1 is 1.40 bits per heavy atom. The standard InChI is InChI=1S/C18H26F2N8OS/c1-2-3-11-8-12-14(25-17(24-4-7-29)26-15(12)30-11)27-5-6-28(13(22)9-27)16(23)18(19,20)10-21/h8,22-23,29H,2-7,9-10,21H2,1H3,(H,24,25,26). The number of hydrogen-bond acceptors (Lipinski definition) is 9. The van der Waals surface area contributed by atoms with E-state index in [4.69, 9.17) is 21.7 Å². The van der Waals surface area contributed by atoms with Gasteiger partial charge < -0.3 is 26.0 Å². The summed E-state index contributed by atoms with van der Waals surface area (Å²) in [5.74, 6) is -3.55. The van der Waals surface area contributed by atoms with Crippen molar-refractivity contribution in [3.05, 3.63) is 10.9 Å². The van der Waals surface area contributed by atoms with Gasteiger partial charge in [-0.2, -0.15) is 13.8 Å². The zero-order valence-corrected chi connectivity index (χ0v) is 17.5. The second-order valence-corrected chi connectivity index (χ2v) is 8.10. The van der Waals surface area contributed by atoms with Crippen LogP contribution in [0.5, 0.6) is 0 Å². The number of fused-ring (bicyclic) bond motifs is 1. The van der Waals surface area contributed by atoms with Gasteiger partial charge in [0, 0.05) is 24.5 Å². The summed E-state index contributed by atoms with van der Waals surface area (Å²) in [6.07, 6.45) is 1.90. The lowest BCUT2D eigenvalue weighted by atomic mass is 10.2. The highest BCUT2D eigenvalue weighted by molar-refractivity contribution is 7.18. The fourth-order valence-electron chi connectivity index (χ4n) is 3.24. The lowest BCUT2D eigenvalue weighted by molar-refractivity contribution is 0.0757. The number of nitrogens with zero attached hydrogens (tertiary/aromatic N) is 4. The van der Waals surface area contributed by atoms with Crippen molar-refractivity contribution in [3.8, 4) is 0 Å². The summed E-state index contributed by atoms with van der Waals surface area (Å²) in [7, 11) is 0. The van der Waals surface area contributed by atoms with Crippen molar-refractivity contribution in [2.45, 2.75) is 25.7 Å². The summed E-state index contributed by atoms with van der Waals surface area (Å²) in [6, 6.07) is 2.04. The maximum absolute atomic E-state index is 13.8. The molecule has 30 heavy (non-hydrogen) atoms. The number of aliphatic hydroxyl groups excluding tert-OH is 1. The molecule has 2 aromatic rings. The second kappa shape index (κ2) is 9.14. The molecule has 1 aliphatic heterocycles. The van der Waals surface area contributed by atoms with Crippen LogP contribution in [-0.2, 0) is 6.42 Å². The molecule has 0 spiro atoms. The van der Waals surface area contributed by atoms with Crippen LogP contribution in [0.4, 0.5) is 20.5 Å². The van der Waals surface area contributed by atoms with E-state index in [0.29, 0.717) is 24.9 Å². The fraction of sp³-hybridized carbons (Fsp3) is 0.556. The molecule has 9 nitrogen and oxygen atoms in total. The average Bonchev–Trinajstić information content (AvgIpc) is 3.13. The molecule has 6 N–H and O–H groups in total. The number of halogens is 2. The SMILES string of the molecule is CCCc1cc2c(N3CCN(C(=N)C(F)(F)CN)C(=N)C3)nc(NCCO)nc2s1. The van der Waals surface area contributed by atoms with Crippen LogP contribution in [-0.4, -0.2) is 76.9 Å². The first kappa shape index (κ1) is 22.2. The number of anilines is 2. The van der Waals surface area contributed by atoms with Crippen LogP contribution in [0.2, 0.25) is 0 Å². The van der Waals surface area contributed by atoms with Crippen molar-refractivity contribution in [3.63, 3.8) is 0 Å². The summed E-state index contributed by atoms with van der Waals surface area (Å²) in [5, 5.41) is 28.9. The first-order chi connectivity index (χ1) is 14.3. The molecule has 0 radical (unpaired) electrons. The minimum Gasteiger partial charge on any atom is -0.395 e. The van der Waals surface area contributed by atoms with Gasteiger partial charge in [-0.15, -0.1) is 11.3 Å². The van der Waals surface area contributed by atoms with Crippen molar-refractivity contribution < 1.29 is 13.9 Å². The number of aryl methyl sites for hydroxylation is 1. The Labute approximate surface area is 176 Å². The van der Waals surface area contributed by atoms with Gasteiger partial charge in [-0.1, -0.05) is 13.3 Å². The van der Waals surface area contributed by atoms with Gasteiger partial charge in [-0.05, 0) is 12.5 Å². The van der Waals surface area contributed by atoms with Crippen molar-refractivity contribution in [2.75, 3.05) is 49.5 Å². The zero-order valence-electron chi connectivity index (χ0n) is 16.7. The Morgan fingerprint density at radius 2 is 2.17 bits per heavy atom. The predicted molar refractivity (Wildman–Crippen MR) is 115 cm³/mol. The molecular formula is C18H26F2N8OS. The molecule has 0 aromatic carbocycles. The monoisotopic (exact) mass is 440 g/mol. The predicted octanol–water partition coefficient (Wildman–Crippen LogP) is 1.72. The number of alkyl halides is 2. The highest BCUT2D eigenvalue weighted by atomic mass is 32.1. The van der Waals surface area contributed by atoms with E-state index in [1.54, 1.807) is 11.3 Å². The summed E-state index contributed by atoms with van der Waals surface area (Å²) >= 11 is 1.57. The van der Waals surface area contributed by atoms with E-state index in [9.17, 15) is 8.78 Å². The minimum absolute atomic E-state index is 0.0353. The summed E-state index contributed by atoms with van der Waals surface area (Å²) < 4.78 is 27.7. The van der Waals surface area contributed by atoms with E-state index >= 15 is 0 Å². The van der Waals surface area contributed by atoms with Crippen LogP contribution in [0.3, 0.4) is 0 Å². The third-order valence-corrected chi connectivity index (χ3v) is 5.84. The summed E-state index contributed by atoms with van der Waals surface area (Å²) in [6.45, 7) is 1.77. The number of piperazine rings is 1. The first-order valence-corrected chi connectivity index (χ1v) is 10.5. The lowest BCUT2D eigenvalue weighted by Crippen LogP contribution is -2.57. The van der Waals surface area contributed by atoms with Gasteiger partial charge in [0.2, 0.25) is 5.95 Å². The number of nitrogens with one attached hydrogen (secondary N) is 3. The minimum atomic E-state index is -3.47. The van der Waals surface area contributed by atoms with Gasteiger partial charge in [-0.3, -0.25) is 10.8 Å². The summed E-state index contributed by atoms with van der Waals surface area (Å²) in [4.78, 5) is 13.9. The van der Waals surface area contributed by atoms with Crippen molar-refractivity contribution >= 4 is 45.0 Å². The molecule has 3 heterocycles. The number of aromatic nitrogens is 2. The largest absolute Gasteiger partial charge is 0.395 e. The van der Waals surface area contributed by atoms with E-state index in [1.165, 1.54) is 4.88 Å². The van der Waals surface area contributed by atoms with Gasteiger partial charge in [0.1, 0.15) is 16.5 Å². The van der Waals surface area contributed by atoms with Gasteiger partial charge in [-0.25, -0.2) is 4.98 Å². The molecule has 3 rings (SSSR count). The van der Waals surface area contributed by atoms with Crippen molar-refractivity contribution in [1.82, 2.24) is 14.9 Å². The van der Waals surface area contributed by atoms with Crippen molar-refractivity contribution in [1.29, 1.82) is 10.8 Å². The number of rotatable bonds is 8. The Kier molecular flexibility index (Phi) is 6.78. The molecule has 1 fully saturated rings. The van der Waals surface area contributed by atoms with E-state index in [2.05, 4.69) is 22.2 Å².